The normalized spacial score (nSPS) is 11.0. The smallest absolute Gasteiger partial charge is 0.275 e. The highest BCUT2D eigenvalue weighted by Crippen LogP contribution is 2.24. The van der Waals surface area contributed by atoms with Crippen LogP contribution in [0.3, 0.4) is 0 Å². The van der Waals surface area contributed by atoms with E-state index in [2.05, 4.69) is 26.5 Å². The maximum absolute atomic E-state index is 12.8. The van der Waals surface area contributed by atoms with Gasteiger partial charge in [0.1, 0.15) is 11.6 Å². The summed E-state index contributed by atoms with van der Waals surface area (Å²) >= 11 is 3.33. The van der Waals surface area contributed by atoms with Crippen LogP contribution in [0.1, 0.15) is 29.8 Å². The second kappa shape index (κ2) is 7.87. The summed E-state index contributed by atoms with van der Waals surface area (Å²) in [6, 6.07) is 11.0. The van der Waals surface area contributed by atoms with Gasteiger partial charge in [0, 0.05) is 4.47 Å². The molecular formula is C17H16BrFN2O2. The number of hydrogen-bond donors (Lipinski definition) is 1. The second-order valence-corrected chi connectivity index (χ2v) is 5.97. The third-order valence-corrected chi connectivity index (χ3v) is 3.29. The van der Waals surface area contributed by atoms with E-state index < -0.39 is 0 Å². The van der Waals surface area contributed by atoms with Crippen molar-refractivity contribution in [2.24, 2.45) is 5.10 Å². The fraction of sp³-hybridized carbons (Fsp3) is 0.176. The number of nitrogens with one attached hydrogen (secondary N) is 1. The monoisotopic (exact) mass is 378 g/mol. The van der Waals surface area contributed by atoms with Gasteiger partial charge in [-0.05, 0) is 49.7 Å². The van der Waals surface area contributed by atoms with E-state index >= 15 is 0 Å². The lowest BCUT2D eigenvalue weighted by Gasteiger charge is -2.13. The summed E-state index contributed by atoms with van der Waals surface area (Å²) in [6.45, 7) is 3.77. The lowest BCUT2D eigenvalue weighted by atomic mass is 10.2. The maximum Gasteiger partial charge on any atom is 0.275 e. The summed E-state index contributed by atoms with van der Waals surface area (Å²) in [5.74, 6) is -0.228. The van der Waals surface area contributed by atoms with Crippen molar-refractivity contribution >= 4 is 28.1 Å². The van der Waals surface area contributed by atoms with Crippen LogP contribution in [-0.4, -0.2) is 18.2 Å². The van der Waals surface area contributed by atoms with Crippen molar-refractivity contribution < 1.29 is 13.9 Å². The Labute approximate surface area is 142 Å². The van der Waals surface area contributed by atoms with Crippen LogP contribution in [-0.2, 0) is 0 Å². The number of benzene rings is 2. The van der Waals surface area contributed by atoms with Gasteiger partial charge in [-0.25, -0.2) is 9.82 Å². The molecule has 6 heteroatoms. The number of rotatable bonds is 5. The van der Waals surface area contributed by atoms with Crippen LogP contribution in [0.25, 0.3) is 0 Å². The molecular weight excluding hydrogens is 363 g/mol. The van der Waals surface area contributed by atoms with Gasteiger partial charge in [0.15, 0.2) is 0 Å². The molecule has 0 atom stereocenters. The summed E-state index contributed by atoms with van der Waals surface area (Å²) in [6.07, 6.45) is 1.39. The summed E-state index contributed by atoms with van der Waals surface area (Å²) in [5, 5.41) is 3.88. The van der Waals surface area contributed by atoms with Gasteiger partial charge in [-0.3, -0.25) is 4.79 Å². The Bertz CT molecular complexity index is 715. The van der Waals surface area contributed by atoms with Crippen LogP contribution in [0, 0.1) is 5.82 Å². The number of ether oxygens (including phenoxy) is 1. The minimum absolute atomic E-state index is 0.0505. The second-order valence-electron chi connectivity index (χ2n) is 5.06. The number of hydrazone groups is 1. The highest BCUT2D eigenvalue weighted by atomic mass is 79.9. The molecule has 2 aromatic carbocycles. The molecule has 0 unspecified atom stereocenters. The zero-order chi connectivity index (χ0) is 16.8. The van der Waals surface area contributed by atoms with E-state index in [4.69, 9.17) is 4.74 Å². The first-order valence-electron chi connectivity index (χ1n) is 7.01. The molecule has 2 aromatic rings. The van der Waals surface area contributed by atoms with Crippen molar-refractivity contribution in [3.63, 3.8) is 0 Å². The van der Waals surface area contributed by atoms with E-state index in [1.165, 1.54) is 18.3 Å². The molecule has 23 heavy (non-hydrogen) atoms. The van der Waals surface area contributed by atoms with E-state index in [1.54, 1.807) is 30.3 Å². The fourth-order valence-electron chi connectivity index (χ4n) is 1.81. The van der Waals surface area contributed by atoms with Gasteiger partial charge >= 0.3 is 0 Å². The zero-order valence-electron chi connectivity index (χ0n) is 12.7. The first-order valence-corrected chi connectivity index (χ1v) is 7.80. The molecule has 0 radical (unpaired) electrons. The third-order valence-electron chi connectivity index (χ3n) is 2.80. The van der Waals surface area contributed by atoms with E-state index in [0.717, 1.165) is 4.47 Å². The average molecular weight is 379 g/mol. The lowest BCUT2D eigenvalue weighted by Crippen LogP contribution is -2.20. The molecule has 0 aliphatic rings. The van der Waals surface area contributed by atoms with Gasteiger partial charge in [0.25, 0.3) is 5.91 Å². The quantitative estimate of drug-likeness (QED) is 0.627. The minimum Gasteiger partial charge on any atom is -0.490 e. The minimum atomic E-state index is -0.389. The van der Waals surface area contributed by atoms with E-state index in [9.17, 15) is 9.18 Å². The molecule has 2 rings (SSSR count). The third kappa shape index (κ3) is 5.17. The molecule has 0 aliphatic carbocycles. The van der Waals surface area contributed by atoms with Crippen molar-refractivity contribution in [1.29, 1.82) is 0 Å². The molecule has 1 amide bonds. The van der Waals surface area contributed by atoms with Crippen LogP contribution in [0.15, 0.2) is 52.0 Å². The predicted octanol–water partition coefficient (Wildman–Crippen LogP) is 4.14. The molecule has 0 aliphatic heterocycles. The Balaban J connectivity index is 2.10. The van der Waals surface area contributed by atoms with Crippen LogP contribution >= 0.6 is 15.9 Å². The van der Waals surface area contributed by atoms with Crippen molar-refractivity contribution in [2.75, 3.05) is 0 Å². The topological polar surface area (TPSA) is 50.7 Å². The van der Waals surface area contributed by atoms with Gasteiger partial charge in [-0.15, -0.1) is 0 Å². The van der Waals surface area contributed by atoms with E-state index in [-0.39, 0.29) is 17.8 Å². The molecule has 0 aromatic heterocycles. The van der Waals surface area contributed by atoms with Gasteiger partial charge in [0.2, 0.25) is 0 Å². The van der Waals surface area contributed by atoms with Crippen LogP contribution in [0.4, 0.5) is 4.39 Å². The Kier molecular flexibility index (Phi) is 5.87. The van der Waals surface area contributed by atoms with Gasteiger partial charge in [-0.1, -0.05) is 28.1 Å². The fourth-order valence-corrected chi connectivity index (χ4v) is 2.17. The molecule has 0 saturated carbocycles. The summed E-state index contributed by atoms with van der Waals surface area (Å²) < 4.78 is 19.2. The van der Waals surface area contributed by atoms with Crippen molar-refractivity contribution in [3.05, 3.63) is 63.9 Å². The van der Waals surface area contributed by atoms with E-state index in [0.29, 0.717) is 16.9 Å². The number of nitrogens with zero attached hydrogens (tertiary/aromatic N) is 1. The molecule has 0 spiro atoms. The maximum atomic E-state index is 12.8. The summed E-state index contributed by atoms with van der Waals surface area (Å²) in [7, 11) is 0. The molecule has 0 bridgehead atoms. The van der Waals surface area contributed by atoms with Crippen molar-refractivity contribution in [3.8, 4) is 5.75 Å². The largest absolute Gasteiger partial charge is 0.490 e. The molecule has 4 nitrogen and oxygen atoms in total. The average Bonchev–Trinajstić information content (AvgIpc) is 2.50. The van der Waals surface area contributed by atoms with Crippen LogP contribution in [0.5, 0.6) is 5.75 Å². The molecule has 0 saturated heterocycles. The Hall–Kier alpha value is -2.21. The Morgan fingerprint density at radius 3 is 2.61 bits per heavy atom. The number of carbonyl (C=O) groups excluding carboxylic acids is 1. The van der Waals surface area contributed by atoms with Crippen LogP contribution in [0.2, 0.25) is 0 Å². The van der Waals surface area contributed by atoms with E-state index in [1.807, 2.05) is 13.8 Å². The molecule has 0 heterocycles. The standard InChI is InChI=1S/C17H16BrFN2O2/c1-11(2)23-16-8-5-13(18)9-15(16)17(22)21-20-10-12-3-6-14(19)7-4-12/h3-11H,1-2H3,(H,21,22)/b20-10+. The number of halogens is 2. The highest BCUT2D eigenvalue weighted by molar-refractivity contribution is 9.10. The number of amides is 1. The lowest BCUT2D eigenvalue weighted by molar-refractivity contribution is 0.0949. The van der Waals surface area contributed by atoms with Gasteiger partial charge < -0.3 is 4.74 Å². The highest BCUT2D eigenvalue weighted by Gasteiger charge is 2.13. The number of carbonyl (C=O) groups is 1. The first-order chi connectivity index (χ1) is 11.0. The van der Waals surface area contributed by atoms with Gasteiger partial charge in [0.05, 0.1) is 17.9 Å². The SMILES string of the molecule is CC(C)Oc1ccc(Br)cc1C(=O)N/N=C/c1ccc(F)cc1. The summed E-state index contributed by atoms with van der Waals surface area (Å²) in [5.41, 5.74) is 3.50. The van der Waals surface area contributed by atoms with Gasteiger partial charge in [-0.2, -0.15) is 5.10 Å². The molecule has 0 fully saturated rings. The number of hydrogen-bond acceptors (Lipinski definition) is 3. The van der Waals surface area contributed by atoms with Crippen LogP contribution < -0.4 is 10.2 Å². The Morgan fingerprint density at radius 1 is 1.26 bits per heavy atom. The Morgan fingerprint density at radius 2 is 1.96 bits per heavy atom. The first kappa shape index (κ1) is 17.1. The zero-order valence-corrected chi connectivity index (χ0v) is 14.3. The summed E-state index contributed by atoms with van der Waals surface area (Å²) in [4.78, 5) is 12.3. The van der Waals surface area contributed by atoms with Crippen molar-refractivity contribution in [2.45, 2.75) is 20.0 Å². The van der Waals surface area contributed by atoms with Crippen molar-refractivity contribution in [1.82, 2.24) is 5.43 Å². The molecule has 1 N–H and O–H groups in total. The predicted molar refractivity (Wildman–Crippen MR) is 91.4 cm³/mol. The molecule has 120 valence electrons.